The van der Waals surface area contributed by atoms with Crippen molar-refractivity contribution in [1.82, 2.24) is 24.3 Å². The van der Waals surface area contributed by atoms with Gasteiger partial charge in [-0.15, -0.1) is 10.2 Å². The van der Waals surface area contributed by atoms with Crippen LogP contribution < -0.4 is 0 Å². The molecule has 0 saturated carbocycles. The molecule has 5 nitrogen and oxygen atoms in total. The fraction of sp³-hybridized carbons (Fsp3) is 0.0294. The maximum atomic E-state index is 5.06. The van der Waals surface area contributed by atoms with Crippen LogP contribution in [0.2, 0.25) is 0 Å². The predicted octanol–water partition coefficient (Wildman–Crippen LogP) is 7.92. The van der Waals surface area contributed by atoms with E-state index in [1.165, 1.54) is 5.56 Å². The van der Waals surface area contributed by atoms with Crippen LogP contribution in [0.5, 0.6) is 0 Å². The van der Waals surface area contributed by atoms with Crippen molar-refractivity contribution in [2.24, 2.45) is 0 Å². The minimum absolute atomic E-state index is 0.769. The Bertz CT molecular complexity index is 1900. The smallest absolute Gasteiger partial charge is 0.170 e. The highest BCUT2D eigenvalue weighted by Crippen LogP contribution is 2.36. The highest BCUT2D eigenvalue weighted by molar-refractivity contribution is 5.86. The number of para-hydroxylation sites is 3. The lowest BCUT2D eigenvalue weighted by molar-refractivity contribution is 1.05. The summed E-state index contributed by atoms with van der Waals surface area (Å²) in [6, 6.07) is 45.6. The van der Waals surface area contributed by atoms with E-state index in [9.17, 15) is 0 Å². The van der Waals surface area contributed by atoms with Gasteiger partial charge in [0.05, 0.1) is 16.7 Å². The number of aryl methyl sites for hydroxylation is 1. The van der Waals surface area contributed by atoms with Crippen LogP contribution in [0, 0.1) is 6.92 Å². The molecule has 0 saturated heterocycles. The van der Waals surface area contributed by atoms with E-state index in [1.54, 1.807) is 0 Å². The summed E-state index contributed by atoms with van der Waals surface area (Å²) >= 11 is 0. The van der Waals surface area contributed by atoms with Gasteiger partial charge in [0.15, 0.2) is 11.6 Å². The molecule has 5 aromatic carbocycles. The molecule has 0 unspecified atom stereocenters. The van der Waals surface area contributed by atoms with Gasteiger partial charge in [-0.2, -0.15) is 0 Å². The van der Waals surface area contributed by atoms with E-state index in [-0.39, 0.29) is 0 Å². The van der Waals surface area contributed by atoms with E-state index < -0.39 is 0 Å². The average Bonchev–Trinajstić information content (AvgIpc) is 3.61. The summed E-state index contributed by atoms with van der Waals surface area (Å²) in [6.45, 7) is 2.10. The molecule has 5 heteroatoms. The topological polar surface area (TPSA) is 48.5 Å². The molecular weight excluding hydrogens is 478 g/mol. The Hall–Kier alpha value is -5.29. The number of fused-ring (bicyclic) bond motifs is 1. The van der Waals surface area contributed by atoms with Crippen LogP contribution in [0.3, 0.4) is 0 Å². The molecule has 0 aliphatic rings. The largest absolute Gasteiger partial charge is 0.292 e. The van der Waals surface area contributed by atoms with Crippen LogP contribution in [0.1, 0.15) is 5.56 Å². The molecule has 7 rings (SSSR count). The standard InChI is InChI=1S/C34H25N5/c1-24-20-22-27(23-21-24)38-33(26-14-6-3-7-15-26)36-37-34(38)28-16-8-10-18-30(28)39-31-19-11-9-17-29(31)35-32(39)25-12-4-2-5-13-25/h2-23H,1H3. The lowest BCUT2D eigenvalue weighted by Crippen LogP contribution is -2.04. The lowest BCUT2D eigenvalue weighted by Gasteiger charge is -2.16. The molecule has 0 fully saturated rings. The van der Waals surface area contributed by atoms with Gasteiger partial charge in [-0.25, -0.2) is 4.98 Å². The second kappa shape index (κ2) is 9.54. The molecule has 2 aromatic heterocycles. The van der Waals surface area contributed by atoms with Gasteiger partial charge in [-0.3, -0.25) is 9.13 Å². The zero-order chi connectivity index (χ0) is 26.2. The summed E-state index contributed by atoms with van der Waals surface area (Å²) in [6.07, 6.45) is 0. The Balaban J connectivity index is 1.52. The summed E-state index contributed by atoms with van der Waals surface area (Å²) in [5.74, 6) is 2.45. The highest BCUT2D eigenvalue weighted by atomic mass is 15.3. The minimum atomic E-state index is 0.769. The Morgan fingerprint density at radius 2 is 1.08 bits per heavy atom. The van der Waals surface area contributed by atoms with Crippen LogP contribution in [-0.4, -0.2) is 24.3 Å². The molecule has 39 heavy (non-hydrogen) atoms. The van der Waals surface area contributed by atoms with E-state index in [0.717, 1.165) is 56.6 Å². The number of imidazole rings is 1. The van der Waals surface area contributed by atoms with E-state index >= 15 is 0 Å². The van der Waals surface area contributed by atoms with E-state index in [2.05, 4.69) is 107 Å². The molecule has 0 spiro atoms. The maximum absolute atomic E-state index is 5.06. The molecule has 186 valence electrons. The Morgan fingerprint density at radius 3 is 1.82 bits per heavy atom. The van der Waals surface area contributed by atoms with E-state index in [0.29, 0.717) is 0 Å². The fourth-order valence-corrected chi connectivity index (χ4v) is 5.08. The van der Waals surface area contributed by atoms with Crippen molar-refractivity contribution in [2.45, 2.75) is 6.92 Å². The monoisotopic (exact) mass is 503 g/mol. The third kappa shape index (κ3) is 4.01. The quantitative estimate of drug-likeness (QED) is 0.240. The van der Waals surface area contributed by atoms with Crippen molar-refractivity contribution in [2.75, 3.05) is 0 Å². The van der Waals surface area contributed by atoms with Gasteiger partial charge in [-0.05, 0) is 43.3 Å². The lowest BCUT2D eigenvalue weighted by atomic mass is 10.1. The molecule has 0 amide bonds. The first-order valence-corrected chi connectivity index (χ1v) is 13.0. The first kappa shape index (κ1) is 22.9. The molecular formula is C34H25N5. The van der Waals surface area contributed by atoms with E-state index in [1.807, 2.05) is 42.5 Å². The van der Waals surface area contributed by atoms with Gasteiger partial charge >= 0.3 is 0 Å². The third-order valence-corrected chi connectivity index (χ3v) is 6.97. The van der Waals surface area contributed by atoms with Gasteiger partial charge in [0.2, 0.25) is 0 Å². The SMILES string of the molecule is Cc1ccc(-n2c(-c3ccccc3)nnc2-c2ccccc2-n2c(-c3ccccc3)nc3ccccc32)cc1. The van der Waals surface area contributed by atoms with Crippen LogP contribution in [0.4, 0.5) is 0 Å². The first-order chi connectivity index (χ1) is 19.3. The molecule has 0 aliphatic carbocycles. The molecule has 0 radical (unpaired) electrons. The number of benzene rings is 5. The van der Waals surface area contributed by atoms with Crippen molar-refractivity contribution in [3.8, 4) is 45.5 Å². The number of hydrogen-bond donors (Lipinski definition) is 0. The Morgan fingerprint density at radius 1 is 0.487 bits per heavy atom. The number of aromatic nitrogens is 5. The van der Waals surface area contributed by atoms with Gasteiger partial charge in [0.25, 0.3) is 0 Å². The molecule has 0 bridgehead atoms. The minimum Gasteiger partial charge on any atom is -0.292 e. The Labute approximate surface area is 226 Å². The van der Waals surface area contributed by atoms with Gasteiger partial charge in [0.1, 0.15) is 5.82 Å². The van der Waals surface area contributed by atoms with Crippen molar-refractivity contribution in [3.63, 3.8) is 0 Å². The molecule has 0 N–H and O–H groups in total. The van der Waals surface area contributed by atoms with Crippen LogP contribution in [0.15, 0.2) is 133 Å². The second-order valence-corrected chi connectivity index (χ2v) is 9.53. The zero-order valence-electron chi connectivity index (χ0n) is 21.4. The molecule has 0 atom stereocenters. The third-order valence-electron chi connectivity index (χ3n) is 6.97. The van der Waals surface area contributed by atoms with Crippen molar-refractivity contribution >= 4 is 11.0 Å². The maximum Gasteiger partial charge on any atom is 0.170 e. The van der Waals surface area contributed by atoms with Gasteiger partial charge in [-0.1, -0.05) is 103 Å². The first-order valence-electron chi connectivity index (χ1n) is 13.0. The van der Waals surface area contributed by atoms with Crippen LogP contribution in [-0.2, 0) is 0 Å². The van der Waals surface area contributed by atoms with Crippen molar-refractivity contribution in [1.29, 1.82) is 0 Å². The van der Waals surface area contributed by atoms with Gasteiger partial charge < -0.3 is 0 Å². The highest BCUT2D eigenvalue weighted by Gasteiger charge is 2.22. The zero-order valence-corrected chi connectivity index (χ0v) is 21.4. The summed E-state index contributed by atoms with van der Waals surface area (Å²) in [4.78, 5) is 5.06. The molecule has 0 aliphatic heterocycles. The fourth-order valence-electron chi connectivity index (χ4n) is 5.08. The average molecular weight is 504 g/mol. The van der Waals surface area contributed by atoms with Crippen molar-refractivity contribution < 1.29 is 0 Å². The number of nitrogens with zero attached hydrogens (tertiary/aromatic N) is 5. The molecule has 2 heterocycles. The Kier molecular flexibility index (Phi) is 5.60. The van der Waals surface area contributed by atoms with Crippen molar-refractivity contribution in [3.05, 3.63) is 139 Å². The second-order valence-electron chi connectivity index (χ2n) is 9.53. The summed E-state index contributed by atoms with van der Waals surface area (Å²) in [5, 5.41) is 9.51. The number of hydrogen-bond acceptors (Lipinski definition) is 3. The normalized spacial score (nSPS) is 11.2. The van der Waals surface area contributed by atoms with Gasteiger partial charge in [0, 0.05) is 22.4 Å². The summed E-state index contributed by atoms with van der Waals surface area (Å²) in [5.41, 5.74) is 8.20. The van der Waals surface area contributed by atoms with E-state index in [4.69, 9.17) is 15.2 Å². The summed E-state index contributed by atoms with van der Waals surface area (Å²) in [7, 11) is 0. The summed E-state index contributed by atoms with van der Waals surface area (Å²) < 4.78 is 4.38. The molecule has 7 aromatic rings. The predicted molar refractivity (Wildman–Crippen MR) is 157 cm³/mol. The van der Waals surface area contributed by atoms with Crippen LogP contribution >= 0.6 is 0 Å². The van der Waals surface area contributed by atoms with Crippen LogP contribution in [0.25, 0.3) is 56.6 Å². The number of rotatable bonds is 5.